The number of esters is 1. The van der Waals surface area contributed by atoms with Crippen LogP contribution in [0.25, 0.3) is 11.1 Å². The largest absolute Gasteiger partial charge is 0.465 e. The first kappa shape index (κ1) is 16.8. The highest BCUT2D eigenvalue weighted by Gasteiger charge is 2.17. The van der Waals surface area contributed by atoms with Crippen LogP contribution in [0.1, 0.15) is 10.4 Å². The van der Waals surface area contributed by atoms with Crippen LogP contribution in [-0.4, -0.2) is 26.1 Å². The van der Waals surface area contributed by atoms with Gasteiger partial charge in [-0.25, -0.2) is 18.0 Å². The van der Waals surface area contributed by atoms with E-state index in [1.54, 1.807) is 0 Å². The van der Waals surface area contributed by atoms with Gasteiger partial charge in [-0.2, -0.15) is 0 Å². The number of fused-ring (bicyclic) bond motifs is 1. The van der Waals surface area contributed by atoms with Gasteiger partial charge >= 0.3 is 11.7 Å². The zero-order valence-corrected chi connectivity index (χ0v) is 14.2. The van der Waals surface area contributed by atoms with E-state index in [-0.39, 0.29) is 16.2 Å². The molecule has 3 rings (SSSR count). The van der Waals surface area contributed by atoms with Crippen molar-refractivity contribution in [2.75, 3.05) is 11.8 Å². The summed E-state index contributed by atoms with van der Waals surface area (Å²) >= 11 is 0. The predicted octanol–water partition coefficient (Wildman–Crippen LogP) is 1.72. The highest BCUT2D eigenvalue weighted by atomic mass is 32.2. The van der Waals surface area contributed by atoms with E-state index in [2.05, 4.69) is 9.46 Å². The molecule has 0 saturated heterocycles. The average molecular weight is 362 g/mol. The first-order chi connectivity index (χ1) is 11.8. The SMILES string of the molecule is COC(=O)c1ccc(NS(=O)(=O)c2ccc3c(c2)oc(=O)n3C)cc1. The van der Waals surface area contributed by atoms with Crippen molar-refractivity contribution in [2.24, 2.45) is 7.05 Å². The molecule has 0 aliphatic carbocycles. The highest BCUT2D eigenvalue weighted by Crippen LogP contribution is 2.21. The zero-order valence-electron chi connectivity index (χ0n) is 13.3. The summed E-state index contributed by atoms with van der Waals surface area (Å²) in [6.45, 7) is 0. The molecule has 0 aliphatic rings. The van der Waals surface area contributed by atoms with Crippen molar-refractivity contribution < 1.29 is 22.4 Å². The van der Waals surface area contributed by atoms with Gasteiger partial charge < -0.3 is 9.15 Å². The maximum Gasteiger partial charge on any atom is 0.419 e. The number of hydrogen-bond donors (Lipinski definition) is 1. The Balaban J connectivity index is 1.91. The molecule has 0 bridgehead atoms. The number of nitrogens with zero attached hydrogens (tertiary/aromatic N) is 1. The minimum Gasteiger partial charge on any atom is -0.465 e. The zero-order chi connectivity index (χ0) is 18.2. The van der Waals surface area contributed by atoms with Gasteiger partial charge in [-0.3, -0.25) is 9.29 Å². The number of rotatable bonds is 4. The molecule has 0 radical (unpaired) electrons. The van der Waals surface area contributed by atoms with Gasteiger partial charge in [-0.1, -0.05) is 0 Å². The van der Waals surface area contributed by atoms with Crippen LogP contribution in [0.2, 0.25) is 0 Å². The van der Waals surface area contributed by atoms with E-state index >= 15 is 0 Å². The molecule has 25 heavy (non-hydrogen) atoms. The Bertz CT molecular complexity index is 1110. The molecule has 0 aliphatic heterocycles. The van der Waals surface area contributed by atoms with Crippen LogP contribution in [0.15, 0.2) is 56.6 Å². The molecule has 1 heterocycles. The number of carbonyl (C=O) groups excluding carboxylic acids is 1. The van der Waals surface area contributed by atoms with Gasteiger partial charge in [0.05, 0.1) is 23.1 Å². The fraction of sp³-hybridized carbons (Fsp3) is 0.125. The number of hydrogen-bond acceptors (Lipinski definition) is 6. The summed E-state index contributed by atoms with van der Waals surface area (Å²) in [6, 6.07) is 9.95. The first-order valence-corrected chi connectivity index (χ1v) is 8.61. The van der Waals surface area contributed by atoms with Gasteiger partial charge in [0.2, 0.25) is 0 Å². The maximum atomic E-state index is 12.5. The van der Waals surface area contributed by atoms with Crippen molar-refractivity contribution in [3.63, 3.8) is 0 Å². The lowest BCUT2D eigenvalue weighted by atomic mass is 10.2. The second-order valence-electron chi connectivity index (χ2n) is 5.23. The maximum absolute atomic E-state index is 12.5. The Morgan fingerprint density at radius 2 is 1.84 bits per heavy atom. The van der Waals surface area contributed by atoms with Crippen molar-refractivity contribution in [3.05, 3.63) is 58.6 Å². The van der Waals surface area contributed by atoms with E-state index < -0.39 is 21.7 Å². The molecule has 130 valence electrons. The Kier molecular flexibility index (Phi) is 4.09. The topological polar surface area (TPSA) is 108 Å². The molecule has 0 saturated carbocycles. The first-order valence-electron chi connectivity index (χ1n) is 7.12. The monoisotopic (exact) mass is 362 g/mol. The number of anilines is 1. The van der Waals surface area contributed by atoms with Gasteiger partial charge in [-0.05, 0) is 36.4 Å². The molecular formula is C16H14N2O6S. The fourth-order valence-electron chi connectivity index (χ4n) is 2.29. The number of carbonyl (C=O) groups is 1. The lowest BCUT2D eigenvalue weighted by Crippen LogP contribution is -2.13. The minimum atomic E-state index is -3.88. The van der Waals surface area contributed by atoms with Gasteiger partial charge in [0, 0.05) is 18.8 Å². The Morgan fingerprint density at radius 3 is 2.48 bits per heavy atom. The van der Waals surface area contributed by atoms with Gasteiger partial charge in [-0.15, -0.1) is 0 Å². The second kappa shape index (κ2) is 6.10. The van der Waals surface area contributed by atoms with Crippen molar-refractivity contribution >= 4 is 32.8 Å². The summed E-state index contributed by atoms with van der Waals surface area (Å²) in [5.41, 5.74) is 1.25. The lowest BCUT2D eigenvalue weighted by molar-refractivity contribution is 0.0601. The molecule has 8 nitrogen and oxygen atoms in total. The molecule has 9 heteroatoms. The van der Waals surface area contributed by atoms with Crippen LogP contribution < -0.4 is 10.5 Å². The summed E-state index contributed by atoms with van der Waals surface area (Å²) in [4.78, 5) is 22.8. The molecule has 0 amide bonds. The number of aryl methyl sites for hydroxylation is 1. The van der Waals surface area contributed by atoms with Crippen LogP contribution in [0.4, 0.5) is 5.69 Å². The smallest absolute Gasteiger partial charge is 0.419 e. The number of nitrogens with one attached hydrogen (secondary N) is 1. The summed E-state index contributed by atoms with van der Waals surface area (Å²) in [6.07, 6.45) is 0. The van der Waals surface area contributed by atoms with E-state index in [9.17, 15) is 18.0 Å². The molecule has 0 atom stereocenters. The van der Waals surface area contributed by atoms with Crippen LogP contribution in [0.3, 0.4) is 0 Å². The normalized spacial score (nSPS) is 11.4. The summed E-state index contributed by atoms with van der Waals surface area (Å²) in [5, 5.41) is 0. The van der Waals surface area contributed by atoms with E-state index in [1.807, 2.05) is 0 Å². The van der Waals surface area contributed by atoms with E-state index in [0.29, 0.717) is 11.1 Å². The Morgan fingerprint density at radius 1 is 1.16 bits per heavy atom. The molecule has 0 spiro atoms. The number of ether oxygens (including phenoxy) is 1. The quantitative estimate of drug-likeness (QED) is 0.708. The molecular weight excluding hydrogens is 348 g/mol. The Labute approximate surface area is 142 Å². The number of oxazole rings is 1. The minimum absolute atomic E-state index is 0.0496. The van der Waals surface area contributed by atoms with Crippen molar-refractivity contribution in [2.45, 2.75) is 4.90 Å². The number of aromatic nitrogens is 1. The standard InChI is InChI=1S/C16H14N2O6S/c1-18-13-8-7-12(9-14(13)24-16(18)20)25(21,22)17-11-5-3-10(4-6-11)15(19)23-2/h3-9,17H,1-2H3. The van der Waals surface area contributed by atoms with Gasteiger partial charge in [0.25, 0.3) is 10.0 Å². The molecule has 0 fully saturated rings. The molecule has 3 aromatic rings. The predicted molar refractivity (Wildman–Crippen MR) is 90.0 cm³/mol. The van der Waals surface area contributed by atoms with Crippen molar-refractivity contribution in [3.8, 4) is 0 Å². The van der Waals surface area contributed by atoms with Crippen molar-refractivity contribution in [1.82, 2.24) is 4.57 Å². The molecule has 0 unspecified atom stereocenters. The average Bonchev–Trinajstić information content (AvgIpc) is 2.88. The highest BCUT2D eigenvalue weighted by molar-refractivity contribution is 7.92. The van der Waals surface area contributed by atoms with Crippen LogP contribution in [0.5, 0.6) is 0 Å². The fourth-order valence-corrected chi connectivity index (χ4v) is 3.36. The Hall–Kier alpha value is -3.07. The van der Waals surface area contributed by atoms with Gasteiger partial charge in [0.1, 0.15) is 0 Å². The third-order valence-electron chi connectivity index (χ3n) is 3.63. The molecule has 1 aromatic heterocycles. The lowest BCUT2D eigenvalue weighted by Gasteiger charge is -2.08. The van der Waals surface area contributed by atoms with Crippen LogP contribution >= 0.6 is 0 Å². The molecule has 1 N–H and O–H groups in total. The molecule has 2 aromatic carbocycles. The number of sulfonamides is 1. The summed E-state index contributed by atoms with van der Waals surface area (Å²) in [7, 11) is -1.09. The summed E-state index contributed by atoms with van der Waals surface area (Å²) in [5.74, 6) is -1.09. The number of benzene rings is 2. The summed E-state index contributed by atoms with van der Waals surface area (Å²) < 4.78 is 38.2. The van der Waals surface area contributed by atoms with Crippen molar-refractivity contribution in [1.29, 1.82) is 0 Å². The van der Waals surface area contributed by atoms with E-state index in [4.69, 9.17) is 4.42 Å². The van der Waals surface area contributed by atoms with E-state index in [1.165, 1.54) is 61.2 Å². The van der Waals surface area contributed by atoms with Crippen LogP contribution in [-0.2, 0) is 21.8 Å². The second-order valence-corrected chi connectivity index (χ2v) is 6.91. The third-order valence-corrected chi connectivity index (χ3v) is 5.01. The van der Waals surface area contributed by atoms with Crippen LogP contribution in [0, 0.1) is 0 Å². The third kappa shape index (κ3) is 3.13. The van der Waals surface area contributed by atoms with Gasteiger partial charge in [0.15, 0.2) is 5.58 Å². The number of methoxy groups -OCH3 is 1. The van der Waals surface area contributed by atoms with E-state index in [0.717, 1.165) is 0 Å².